The van der Waals surface area contributed by atoms with Gasteiger partial charge in [-0.15, -0.1) is 0 Å². The van der Waals surface area contributed by atoms with Gasteiger partial charge < -0.3 is 19.1 Å². The monoisotopic (exact) mass is 452 g/mol. The zero-order valence-corrected chi connectivity index (χ0v) is 18.5. The number of hydrogen-bond acceptors (Lipinski definition) is 6. The van der Waals surface area contributed by atoms with Crippen LogP contribution in [0.3, 0.4) is 0 Å². The summed E-state index contributed by atoms with van der Waals surface area (Å²) in [4.78, 5) is 32.5. The van der Waals surface area contributed by atoms with Crippen molar-refractivity contribution in [3.05, 3.63) is 65.8 Å². The number of carbonyl (C=O) groups is 2. The van der Waals surface area contributed by atoms with Crippen molar-refractivity contribution in [2.75, 3.05) is 33.8 Å². The van der Waals surface area contributed by atoms with E-state index < -0.39 is 0 Å². The van der Waals surface area contributed by atoms with Gasteiger partial charge in [-0.05, 0) is 43.2 Å². The number of benzene rings is 2. The first-order valence-corrected chi connectivity index (χ1v) is 10.7. The molecule has 0 bridgehead atoms. The van der Waals surface area contributed by atoms with E-state index in [2.05, 4.69) is 10.1 Å². The van der Waals surface area contributed by atoms with Crippen molar-refractivity contribution in [1.29, 1.82) is 0 Å². The molecule has 1 unspecified atom stereocenters. The number of amides is 2. The number of aromatic nitrogens is 2. The average molecular weight is 452 g/mol. The van der Waals surface area contributed by atoms with Crippen LogP contribution >= 0.6 is 0 Å². The van der Waals surface area contributed by atoms with Gasteiger partial charge in [0.05, 0.1) is 5.92 Å². The SMILES string of the molecule is CN(C)C(=O)COc1cccc(C(=O)N2CCCC(c3nc(-c4cccc(F)c4)no3)C2)c1. The number of nitrogens with zero attached hydrogens (tertiary/aromatic N) is 4. The lowest BCUT2D eigenvalue weighted by molar-refractivity contribution is -0.130. The quantitative estimate of drug-likeness (QED) is 0.570. The third kappa shape index (κ3) is 5.36. The van der Waals surface area contributed by atoms with Crippen LogP contribution in [-0.4, -0.2) is 65.5 Å². The molecule has 0 aliphatic carbocycles. The Morgan fingerprint density at radius 3 is 2.82 bits per heavy atom. The number of ether oxygens (including phenoxy) is 1. The summed E-state index contributed by atoms with van der Waals surface area (Å²) in [7, 11) is 3.31. The van der Waals surface area contributed by atoms with Gasteiger partial charge in [0, 0.05) is 38.3 Å². The van der Waals surface area contributed by atoms with Crippen LogP contribution in [0.25, 0.3) is 11.4 Å². The maximum Gasteiger partial charge on any atom is 0.259 e. The molecule has 1 fully saturated rings. The fraction of sp³-hybridized carbons (Fsp3) is 0.333. The van der Waals surface area contributed by atoms with Crippen LogP contribution in [0.2, 0.25) is 0 Å². The van der Waals surface area contributed by atoms with Crippen LogP contribution < -0.4 is 4.74 Å². The molecule has 2 heterocycles. The van der Waals surface area contributed by atoms with Gasteiger partial charge in [0.15, 0.2) is 6.61 Å². The van der Waals surface area contributed by atoms with Crippen molar-refractivity contribution in [2.24, 2.45) is 0 Å². The number of carbonyl (C=O) groups excluding carboxylic acids is 2. The molecule has 0 spiro atoms. The summed E-state index contributed by atoms with van der Waals surface area (Å²) in [5.74, 6) is 0.453. The lowest BCUT2D eigenvalue weighted by Gasteiger charge is -2.31. The van der Waals surface area contributed by atoms with Gasteiger partial charge in [-0.1, -0.05) is 23.4 Å². The van der Waals surface area contributed by atoms with Crippen LogP contribution in [0.1, 0.15) is 35.0 Å². The number of likely N-dealkylation sites (N-methyl/N-ethyl adjacent to an activating group) is 1. The van der Waals surface area contributed by atoms with Crippen LogP contribution in [0.15, 0.2) is 53.1 Å². The van der Waals surface area contributed by atoms with Crippen LogP contribution in [0, 0.1) is 5.82 Å². The number of hydrogen-bond donors (Lipinski definition) is 0. The van der Waals surface area contributed by atoms with Crippen molar-refractivity contribution in [2.45, 2.75) is 18.8 Å². The Bertz CT molecular complexity index is 1150. The van der Waals surface area contributed by atoms with Crippen molar-refractivity contribution < 1.29 is 23.2 Å². The largest absolute Gasteiger partial charge is 0.484 e. The minimum atomic E-state index is -0.370. The standard InChI is InChI=1S/C24H25FN4O4/c1-28(2)21(30)15-32-20-10-4-7-17(13-20)24(31)29-11-5-8-18(14-29)23-26-22(27-33-23)16-6-3-9-19(25)12-16/h3-4,6-7,9-10,12-13,18H,5,8,11,14-15H2,1-2H3. The number of likely N-dealkylation sites (tertiary alicyclic amines) is 1. The first kappa shape index (κ1) is 22.4. The number of halogens is 1. The summed E-state index contributed by atoms with van der Waals surface area (Å²) in [6, 6.07) is 12.8. The molecule has 1 aromatic heterocycles. The molecule has 1 saturated heterocycles. The molecule has 0 N–H and O–H groups in total. The molecule has 0 radical (unpaired) electrons. The van der Waals surface area contributed by atoms with Gasteiger partial charge in [0.1, 0.15) is 11.6 Å². The van der Waals surface area contributed by atoms with Gasteiger partial charge in [-0.3, -0.25) is 9.59 Å². The Hall–Kier alpha value is -3.75. The molecule has 3 aromatic rings. The fourth-order valence-corrected chi connectivity index (χ4v) is 3.68. The van der Waals surface area contributed by atoms with E-state index in [4.69, 9.17) is 9.26 Å². The van der Waals surface area contributed by atoms with Gasteiger partial charge in [0.2, 0.25) is 11.7 Å². The maximum atomic E-state index is 13.5. The van der Waals surface area contributed by atoms with Crippen molar-refractivity contribution in [3.63, 3.8) is 0 Å². The van der Waals surface area contributed by atoms with Crippen LogP contribution in [-0.2, 0) is 4.79 Å². The Balaban J connectivity index is 1.43. The topological polar surface area (TPSA) is 88.8 Å². The van der Waals surface area contributed by atoms with Crippen LogP contribution in [0.4, 0.5) is 4.39 Å². The molecule has 172 valence electrons. The van der Waals surface area contributed by atoms with E-state index in [0.29, 0.717) is 41.7 Å². The number of piperidine rings is 1. The maximum absolute atomic E-state index is 13.5. The lowest BCUT2D eigenvalue weighted by atomic mass is 9.97. The minimum Gasteiger partial charge on any atom is -0.484 e. The molecule has 0 saturated carbocycles. The zero-order valence-electron chi connectivity index (χ0n) is 18.5. The van der Waals surface area contributed by atoms with E-state index in [0.717, 1.165) is 12.8 Å². The van der Waals surface area contributed by atoms with E-state index in [9.17, 15) is 14.0 Å². The third-order valence-corrected chi connectivity index (χ3v) is 5.52. The molecular formula is C24H25FN4O4. The van der Waals surface area contributed by atoms with Crippen molar-refractivity contribution >= 4 is 11.8 Å². The lowest BCUT2D eigenvalue weighted by Crippen LogP contribution is -2.39. The molecule has 2 aromatic carbocycles. The highest BCUT2D eigenvalue weighted by Gasteiger charge is 2.29. The third-order valence-electron chi connectivity index (χ3n) is 5.52. The zero-order chi connectivity index (χ0) is 23.4. The molecule has 33 heavy (non-hydrogen) atoms. The van der Waals surface area contributed by atoms with Crippen molar-refractivity contribution in [1.82, 2.24) is 19.9 Å². The highest BCUT2D eigenvalue weighted by atomic mass is 19.1. The summed E-state index contributed by atoms with van der Waals surface area (Å²) in [6.07, 6.45) is 1.60. The second-order valence-electron chi connectivity index (χ2n) is 8.16. The molecule has 1 aliphatic heterocycles. The highest BCUT2D eigenvalue weighted by molar-refractivity contribution is 5.94. The summed E-state index contributed by atoms with van der Waals surface area (Å²) in [5.41, 5.74) is 1.02. The summed E-state index contributed by atoms with van der Waals surface area (Å²) >= 11 is 0. The van der Waals surface area contributed by atoms with E-state index >= 15 is 0 Å². The van der Waals surface area contributed by atoms with E-state index in [-0.39, 0.29) is 30.2 Å². The molecule has 9 heteroatoms. The van der Waals surface area contributed by atoms with E-state index in [1.54, 1.807) is 55.4 Å². The van der Waals surface area contributed by atoms with E-state index in [1.807, 2.05) is 0 Å². The second kappa shape index (κ2) is 9.81. The Morgan fingerprint density at radius 1 is 1.21 bits per heavy atom. The summed E-state index contributed by atoms with van der Waals surface area (Å²) < 4.78 is 24.5. The number of rotatable bonds is 6. The minimum absolute atomic E-state index is 0.0960. The molecule has 4 rings (SSSR count). The highest BCUT2D eigenvalue weighted by Crippen LogP contribution is 2.29. The average Bonchev–Trinajstić information content (AvgIpc) is 3.33. The molecule has 1 atom stereocenters. The van der Waals surface area contributed by atoms with E-state index in [1.165, 1.54) is 17.0 Å². The van der Waals surface area contributed by atoms with Gasteiger partial charge >= 0.3 is 0 Å². The van der Waals surface area contributed by atoms with Gasteiger partial charge in [-0.2, -0.15) is 4.98 Å². The smallest absolute Gasteiger partial charge is 0.259 e. The fourth-order valence-electron chi connectivity index (χ4n) is 3.68. The van der Waals surface area contributed by atoms with Crippen molar-refractivity contribution in [3.8, 4) is 17.1 Å². The first-order valence-electron chi connectivity index (χ1n) is 10.7. The molecule has 8 nitrogen and oxygen atoms in total. The van der Waals surface area contributed by atoms with Crippen LogP contribution in [0.5, 0.6) is 5.75 Å². The molecular weight excluding hydrogens is 427 g/mol. The molecule has 2 amide bonds. The first-order chi connectivity index (χ1) is 15.9. The summed E-state index contributed by atoms with van der Waals surface area (Å²) in [5, 5.41) is 3.99. The Labute approximate surface area is 190 Å². The van der Waals surface area contributed by atoms with Gasteiger partial charge in [-0.25, -0.2) is 4.39 Å². The Morgan fingerprint density at radius 2 is 2.03 bits per heavy atom. The summed E-state index contributed by atoms with van der Waals surface area (Å²) in [6.45, 7) is 0.958. The second-order valence-corrected chi connectivity index (χ2v) is 8.16. The normalized spacial score (nSPS) is 15.8. The Kier molecular flexibility index (Phi) is 6.67. The van der Waals surface area contributed by atoms with Gasteiger partial charge in [0.25, 0.3) is 11.8 Å². The predicted octanol–water partition coefficient (Wildman–Crippen LogP) is 3.36. The molecule has 1 aliphatic rings. The predicted molar refractivity (Wildman–Crippen MR) is 118 cm³/mol.